The predicted octanol–water partition coefficient (Wildman–Crippen LogP) is 2.13. The van der Waals surface area contributed by atoms with Crippen LogP contribution in [0.2, 0.25) is 0 Å². The van der Waals surface area contributed by atoms with Crippen LogP contribution in [0.25, 0.3) is 11.1 Å². The molecule has 0 spiro atoms. The Bertz CT molecular complexity index is 453. The molecule has 0 unspecified atom stereocenters. The van der Waals surface area contributed by atoms with E-state index in [0.29, 0.717) is 0 Å². The highest BCUT2D eigenvalue weighted by Gasteiger charge is 1.91. The van der Waals surface area contributed by atoms with Crippen LogP contribution >= 0.6 is 0 Å². The molecule has 0 saturated carbocycles. The predicted molar refractivity (Wildman–Crippen MR) is 76.2 cm³/mol. The largest absolute Gasteiger partial charge is 0.333 e. The van der Waals surface area contributed by atoms with Gasteiger partial charge in [-0.3, -0.25) is 0 Å². The van der Waals surface area contributed by atoms with E-state index in [0.717, 1.165) is 0 Å². The van der Waals surface area contributed by atoms with Gasteiger partial charge in [0.1, 0.15) is 6.33 Å². The molecule has 0 amide bonds. The summed E-state index contributed by atoms with van der Waals surface area (Å²) in [5.74, 6) is 0. The van der Waals surface area contributed by atoms with Crippen molar-refractivity contribution < 1.29 is 0 Å². The Labute approximate surface area is 112 Å². The lowest BCUT2D eigenvalue weighted by atomic mass is 10.1. The van der Waals surface area contributed by atoms with Crippen molar-refractivity contribution in [2.75, 3.05) is 7.05 Å². The van der Waals surface area contributed by atoms with Crippen LogP contribution in [0.3, 0.4) is 0 Å². The fraction of sp³-hybridized carbons (Fsp3) is 0.0714. The summed E-state index contributed by atoms with van der Waals surface area (Å²) in [6.45, 7) is 0. The molecular weight excluding hydrogens is 238 g/mol. The number of aromatic amines is 1. The third-order valence-corrected chi connectivity index (χ3v) is 2.15. The van der Waals surface area contributed by atoms with E-state index < -0.39 is 0 Å². The maximum atomic E-state index is 4.50. The molecule has 3 N–H and O–H groups in total. The number of H-pyrrole nitrogens is 1. The number of nitrogens with zero attached hydrogens (tertiary/aromatic N) is 3. The van der Waals surface area contributed by atoms with Gasteiger partial charge in [0.15, 0.2) is 0 Å². The fourth-order valence-electron chi connectivity index (χ4n) is 1.39. The molecular formula is C14H17N5. The number of nitrogens with one attached hydrogen (secondary N) is 1. The molecule has 2 aromatic carbocycles. The van der Waals surface area contributed by atoms with Crippen LogP contribution in [0.15, 0.2) is 67.0 Å². The molecule has 0 atom stereocenters. The van der Waals surface area contributed by atoms with Crippen molar-refractivity contribution in [1.29, 1.82) is 0 Å². The molecule has 1 aromatic heterocycles. The summed E-state index contributed by atoms with van der Waals surface area (Å²) in [5, 5.41) is 12.1. The van der Waals surface area contributed by atoms with Gasteiger partial charge in [0, 0.05) is 0 Å². The lowest BCUT2D eigenvalue weighted by Crippen LogP contribution is -1.73. The first-order chi connectivity index (χ1) is 9.47. The van der Waals surface area contributed by atoms with Gasteiger partial charge in [0.2, 0.25) is 0 Å². The Kier molecular flexibility index (Phi) is 7.26. The Morgan fingerprint density at radius 2 is 1.26 bits per heavy atom. The standard InChI is InChI=1S/C12H10.CH2N4.CH5N/c1-3-7-11(8-4-1)12-9-5-2-6-10-12;1-2-4-5-3-1;1-2/h1-10H;1H,(H,2,3,4,5);2H2,1H3. The Morgan fingerprint density at radius 1 is 0.789 bits per heavy atom. The van der Waals surface area contributed by atoms with Crippen LogP contribution in [0, 0.1) is 0 Å². The second-order valence-corrected chi connectivity index (χ2v) is 3.30. The van der Waals surface area contributed by atoms with Crippen LogP contribution in [0.5, 0.6) is 0 Å². The molecule has 3 aromatic rings. The maximum Gasteiger partial charge on any atom is 0.135 e. The van der Waals surface area contributed by atoms with Crippen molar-refractivity contribution in [3.8, 4) is 11.1 Å². The van der Waals surface area contributed by atoms with E-state index >= 15 is 0 Å². The van der Waals surface area contributed by atoms with Gasteiger partial charge in [-0.25, -0.2) is 5.10 Å². The number of nitrogens with two attached hydrogens (primary N) is 1. The second-order valence-electron chi connectivity index (χ2n) is 3.30. The average Bonchev–Trinajstić information content (AvgIpc) is 3.11. The van der Waals surface area contributed by atoms with E-state index in [1.807, 2.05) is 12.1 Å². The van der Waals surface area contributed by atoms with Gasteiger partial charge in [-0.1, -0.05) is 60.7 Å². The van der Waals surface area contributed by atoms with E-state index in [4.69, 9.17) is 0 Å². The van der Waals surface area contributed by atoms with Gasteiger partial charge in [-0.15, -0.1) is 5.10 Å². The van der Waals surface area contributed by atoms with Gasteiger partial charge in [0.05, 0.1) is 0 Å². The van der Waals surface area contributed by atoms with E-state index in [2.05, 4.69) is 74.9 Å². The Hall–Kier alpha value is -2.53. The van der Waals surface area contributed by atoms with Crippen LogP contribution in [-0.4, -0.2) is 27.7 Å². The molecule has 0 fully saturated rings. The van der Waals surface area contributed by atoms with E-state index in [-0.39, 0.29) is 0 Å². The van der Waals surface area contributed by atoms with Crippen molar-refractivity contribution in [3.05, 3.63) is 67.0 Å². The lowest BCUT2D eigenvalue weighted by Gasteiger charge is -1.98. The van der Waals surface area contributed by atoms with E-state index in [1.165, 1.54) is 24.5 Å². The highest BCUT2D eigenvalue weighted by molar-refractivity contribution is 5.62. The van der Waals surface area contributed by atoms with Crippen LogP contribution in [0.4, 0.5) is 0 Å². The number of aromatic nitrogens is 4. The first kappa shape index (κ1) is 14.5. The van der Waals surface area contributed by atoms with Gasteiger partial charge < -0.3 is 5.73 Å². The average molecular weight is 255 g/mol. The maximum absolute atomic E-state index is 4.50. The smallest absolute Gasteiger partial charge is 0.135 e. The van der Waals surface area contributed by atoms with Crippen LogP contribution in [-0.2, 0) is 0 Å². The SMILES string of the molecule is CN.c1ccc(-c2ccccc2)cc1.c1nnn[nH]1. The second kappa shape index (κ2) is 9.49. The summed E-state index contributed by atoms with van der Waals surface area (Å²) < 4.78 is 0. The van der Waals surface area contributed by atoms with Gasteiger partial charge in [0.25, 0.3) is 0 Å². The van der Waals surface area contributed by atoms with Crippen molar-refractivity contribution in [3.63, 3.8) is 0 Å². The van der Waals surface area contributed by atoms with E-state index in [9.17, 15) is 0 Å². The van der Waals surface area contributed by atoms with Gasteiger partial charge >= 0.3 is 0 Å². The number of benzene rings is 2. The first-order valence-electron chi connectivity index (χ1n) is 5.82. The van der Waals surface area contributed by atoms with Crippen LogP contribution < -0.4 is 5.73 Å². The summed E-state index contributed by atoms with van der Waals surface area (Å²) in [5.41, 5.74) is 7.05. The first-order valence-corrected chi connectivity index (χ1v) is 5.82. The van der Waals surface area contributed by atoms with Crippen molar-refractivity contribution in [2.24, 2.45) is 5.73 Å². The summed E-state index contributed by atoms with van der Waals surface area (Å²) in [6, 6.07) is 20.8. The number of rotatable bonds is 1. The molecule has 0 aliphatic rings. The molecule has 1 heterocycles. The Morgan fingerprint density at radius 3 is 1.53 bits per heavy atom. The quantitative estimate of drug-likeness (QED) is 0.698. The molecule has 19 heavy (non-hydrogen) atoms. The van der Waals surface area contributed by atoms with Crippen molar-refractivity contribution in [1.82, 2.24) is 20.6 Å². The summed E-state index contributed by atoms with van der Waals surface area (Å²) in [4.78, 5) is 0. The molecule has 0 saturated heterocycles. The molecule has 0 aliphatic carbocycles. The van der Waals surface area contributed by atoms with Gasteiger partial charge in [-0.2, -0.15) is 0 Å². The third kappa shape index (κ3) is 5.56. The summed E-state index contributed by atoms with van der Waals surface area (Å²) in [7, 11) is 1.50. The minimum atomic E-state index is 1.28. The molecule has 5 nitrogen and oxygen atoms in total. The monoisotopic (exact) mass is 255 g/mol. The zero-order valence-electron chi connectivity index (χ0n) is 10.8. The minimum Gasteiger partial charge on any atom is -0.333 e. The van der Waals surface area contributed by atoms with Crippen LogP contribution in [0.1, 0.15) is 0 Å². The third-order valence-electron chi connectivity index (χ3n) is 2.15. The molecule has 0 radical (unpaired) electrons. The molecule has 3 rings (SSSR count). The Balaban J connectivity index is 0.000000216. The molecule has 5 heteroatoms. The summed E-state index contributed by atoms with van der Waals surface area (Å²) >= 11 is 0. The lowest BCUT2D eigenvalue weighted by molar-refractivity contribution is 0.881. The fourth-order valence-corrected chi connectivity index (χ4v) is 1.39. The highest BCUT2D eigenvalue weighted by atomic mass is 15.5. The molecule has 98 valence electrons. The summed E-state index contributed by atoms with van der Waals surface area (Å²) in [6.07, 6.45) is 1.40. The van der Waals surface area contributed by atoms with Crippen molar-refractivity contribution in [2.45, 2.75) is 0 Å². The van der Waals surface area contributed by atoms with Crippen molar-refractivity contribution >= 4 is 0 Å². The zero-order chi connectivity index (χ0) is 13.8. The molecule has 0 aliphatic heterocycles. The normalized spacial score (nSPS) is 8.53. The zero-order valence-corrected chi connectivity index (χ0v) is 10.8. The number of hydrogen-bond acceptors (Lipinski definition) is 4. The topological polar surface area (TPSA) is 80.5 Å². The van der Waals surface area contributed by atoms with E-state index in [1.54, 1.807) is 0 Å². The highest BCUT2D eigenvalue weighted by Crippen LogP contribution is 2.17. The molecule has 0 bridgehead atoms. The minimum absolute atomic E-state index is 1.28. The van der Waals surface area contributed by atoms with Gasteiger partial charge in [-0.05, 0) is 28.6 Å². The number of tetrazole rings is 1. The number of hydrogen-bond donors (Lipinski definition) is 2.